The largest absolute Gasteiger partial charge is 0.459 e. The molecular weight excluding hydrogens is 343 g/mol. The van der Waals surface area contributed by atoms with Gasteiger partial charge in [0, 0.05) is 28.6 Å². The van der Waals surface area contributed by atoms with Crippen molar-refractivity contribution in [3.05, 3.63) is 0 Å². The van der Waals surface area contributed by atoms with Crippen molar-refractivity contribution in [1.82, 2.24) is 0 Å². The monoisotopic (exact) mass is 362 g/mol. The maximum atomic E-state index is 11.9. The number of carbonyl (C=O) groups excluding carboxylic acids is 2. The maximum absolute atomic E-state index is 11.9. The molecule has 0 saturated heterocycles. The Bertz CT molecular complexity index is 380. The molecule has 18 heavy (non-hydrogen) atoms. The summed E-state index contributed by atoms with van der Waals surface area (Å²) in [6, 6.07) is 0. The van der Waals surface area contributed by atoms with Gasteiger partial charge < -0.3 is 4.74 Å². The Labute approximate surface area is 122 Å². The Kier molecular flexibility index (Phi) is 6.13. The van der Waals surface area contributed by atoms with E-state index in [0.29, 0.717) is 18.1 Å². The van der Waals surface area contributed by atoms with Crippen molar-refractivity contribution in [3.8, 4) is 11.8 Å². The molecular formula is C14H19IO3. The van der Waals surface area contributed by atoms with Crippen molar-refractivity contribution >= 4 is 34.3 Å². The van der Waals surface area contributed by atoms with E-state index in [2.05, 4.69) is 46.1 Å². The Morgan fingerprint density at radius 1 is 1.61 bits per heavy atom. The Morgan fingerprint density at radius 3 is 2.94 bits per heavy atom. The number of rotatable bonds is 4. The normalized spacial score (nSPS) is 26.6. The number of esters is 1. The summed E-state index contributed by atoms with van der Waals surface area (Å²) in [5, 5.41) is 0. The van der Waals surface area contributed by atoms with Gasteiger partial charge in [-0.15, -0.1) is 0 Å². The first-order chi connectivity index (χ1) is 8.54. The minimum Gasteiger partial charge on any atom is -0.459 e. The lowest BCUT2D eigenvalue weighted by Gasteiger charge is -2.27. The van der Waals surface area contributed by atoms with E-state index in [1.54, 1.807) is 0 Å². The van der Waals surface area contributed by atoms with Crippen LogP contribution in [0.25, 0.3) is 0 Å². The van der Waals surface area contributed by atoms with Gasteiger partial charge in [-0.25, -0.2) is 4.79 Å². The third-order valence-electron chi connectivity index (χ3n) is 3.77. The van der Waals surface area contributed by atoms with E-state index in [1.165, 1.54) is 7.11 Å². The zero-order valence-electron chi connectivity index (χ0n) is 10.9. The summed E-state index contributed by atoms with van der Waals surface area (Å²) >= 11 is 2.31. The molecule has 3 nitrogen and oxygen atoms in total. The minimum absolute atomic E-state index is 0.143. The first-order valence-electron chi connectivity index (χ1n) is 6.20. The van der Waals surface area contributed by atoms with Gasteiger partial charge in [0.2, 0.25) is 0 Å². The van der Waals surface area contributed by atoms with Gasteiger partial charge in [0.05, 0.1) is 7.11 Å². The van der Waals surface area contributed by atoms with Gasteiger partial charge in [0.25, 0.3) is 0 Å². The fourth-order valence-electron chi connectivity index (χ4n) is 2.41. The quantitative estimate of drug-likeness (QED) is 0.193. The molecule has 0 aromatic heterocycles. The molecule has 4 heteroatoms. The van der Waals surface area contributed by atoms with Gasteiger partial charge in [-0.1, -0.05) is 35.4 Å². The van der Waals surface area contributed by atoms with Crippen LogP contribution in [-0.4, -0.2) is 23.3 Å². The van der Waals surface area contributed by atoms with Gasteiger partial charge in [-0.2, -0.15) is 0 Å². The number of carbonyl (C=O) groups is 2. The first-order valence-corrected chi connectivity index (χ1v) is 7.73. The molecule has 0 aromatic carbocycles. The van der Waals surface area contributed by atoms with Crippen LogP contribution in [0.15, 0.2) is 0 Å². The van der Waals surface area contributed by atoms with Crippen LogP contribution in [-0.2, 0) is 14.3 Å². The van der Waals surface area contributed by atoms with E-state index in [9.17, 15) is 9.59 Å². The molecule has 0 bridgehead atoms. The highest BCUT2D eigenvalue weighted by Gasteiger charge is 2.44. The summed E-state index contributed by atoms with van der Waals surface area (Å²) in [4.78, 5) is 22.6. The van der Waals surface area contributed by atoms with E-state index in [-0.39, 0.29) is 5.41 Å². The van der Waals surface area contributed by atoms with Crippen LogP contribution >= 0.6 is 22.6 Å². The maximum Gasteiger partial charge on any atom is 0.384 e. The number of unbranched alkanes of at least 4 members (excludes halogenated alkanes) is 1. The zero-order chi connectivity index (χ0) is 13.6. The molecule has 2 atom stereocenters. The van der Waals surface area contributed by atoms with Gasteiger partial charge in [-0.3, -0.25) is 4.79 Å². The predicted octanol–water partition coefficient (Wildman–Crippen LogP) is 2.75. The van der Waals surface area contributed by atoms with Crippen LogP contribution in [0.2, 0.25) is 0 Å². The lowest BCUT2D eigenvalue weighted by Crippen LogP contribution is -2.30. The second-order valence-electron chi connectivity index (χ2n) is 4.90. The van der Waals surface area contributed by atoms with Crippen LogP contribution in [0.5, 0.6) is 0 Å². The van der Waals surface area contributed by atoms with Crippen molar-refractivity contribution in [1.29, 1.82) is 0 Å². The Balaban J connectivity index is 2.37. The number of Topliss-reactive ketones (excluding diaryl/α,β-unsaturated/α-hetero) is 1. The van der Waals surface area contributed by atoms with Crippen molar-refractivity contribution in [3.63, 3.8) is 0 Å². The number of alkyl halides is 1. The van der Waals surface area contributed by atoms with E-state index >= 15 is 0 Å². The molecule has 1 aliphatic rings. The van der Waals surface area contributed by atoms with E-state index < -0.39 is 5.97 Å². The highest BCUT2D eigenvalue weighted by Crippen LogP contribution is 2.44. The minimum atomic E-state index is -0.483. The number of ketones is 1. The summed E-state index contributed by atoms with van der Waals surface area (Å²) in [5.74, 6) is 5.62. The standard InChI is InChI=1S/C14H19IO3/c1-14(10-15)11(8-9-12(14)16)6-4-3-5-7-13(17)18-2/h11H,3-4,6,8-10H2,1-2H3/t11-,14+/m0/s1. The average molecular weight is 362 g/mol. The van der Waals surface area contributed by atoms with Crippen LogP contribution in [0.4, 0.5) is 0 Å². The van der Waals surface area contributed by atoms with Crippen LogP contribution in [0.1, 0.15) is 39.0 Å². The van der Waals surface area contributed by atoms with Gasteiger partial charge >= 0.3 is 5.97 Å². The van der Waals surface area contributed by atoms with Crippen molar-refractivity contribution < 1.29 is 14.3 Å². The third-order valence-corrected chi connectivity index (χ3v) is 5.35. The lowest BCUT2D eigenvalue weighted by atomic mass is 9.78. The van der Waals surface area contributed by atoms with Crippen LogP contribution in [0, 0.1) is 23.2 Å². The molecule has 0 spiro atoms. The number of methoxy groups -OCH3 is 1. The number of hydrogen-bond acceptors (Lipinski definition) is 3. The SMILES string of the molecule is COC(=O)C#CCCC[C@H]1CCC(=O)[C@]1(C)CI. The van der Waals surface area contributed by atoms with Gasteiger partial charge in [0.15, 0.2) is 0 Å². The Morgan fingerprint density at radius 2 is 2.33 bits per heavy atom. The van der Waals surface area contributed by atoms with Crippen LogP contribution < -0.4 is 0 Å². The van der Waals surface area contributed by atoms with Gasteiger partial charge in [-0.05, 0) is 25.2 Å². The highest BCUT2D eigenvalue weighted by atomic mass is 127. The molecule has 0 heterocycles. The van der Waals surface area contributed by atoms with Crippen molar-refractivity contribution in [2.75, 3.05) is 11.5 Å². The molecule has 100 valence electrons. The van der Waals surface area contributed by atoms with Gasteiger partial charge in [0.1, 0.15) is 5.78 Å². The molecule has 0 N–H and O–H groups in total. The summed E-state index contributed by atoms with van der Waals surface area (Å²) in [6.45, 7) is 2.08. The molecule has 1 rings (SSSR count). The topological polar surface area (TPSA) is 43.4 Å². The molecule has 0 aliphatic heterocycles. The lowest BCUT2D eigenvalue weighted by molar-refractivity contribution is -0.133. The summed E-state index contributed by atoms with van der Waals surface area (Å²) < 4.78 is 5.33. The molecule has 0 unspecified atom stereocenters. The molecule has 0 radical (unpaired) electrons. The smallest absolute Gasteiger partial charge is 0.384 e. The second kappa shape index (κ2) is 7.13. The fraction of sp³-hybridized carbons (Fsp3) is 0.714. The van der Waals surface area contributed by atoms with E-state index in [0.717, 1.165) is 30.1 Å². The number of ether oxygens (including phenoxy) is 1. The van der Waals surface area contributed by atoms with Crippen molar-refractivity contribution in [2.24, 2.45) is 11.3 Å². The molecule has 1 aliphatic carbocycles. The van der Waals surface area contributed by atoms with E-state index in [4.69, 9.17) is 0 Å². The average Bonchev–Trinajstić information content (AvgIpc) is 2.66. The second-order valence-corrected chi connectivity index (χ2v) is 5.66. The van der Waals surface area contributed by atoms with Crippen molar-refractivity contribution in [2.45, 2.75) is 39.0 Å². The molecule has 1 saturated carbocycles. The first kappa shape index (κ1) is 15.5. The number of halogens is 1. The summed E-state index contributed by atoms with van der Waals surface area (Å²) in [5.41, 5.74) is -0.143. The fourth-order valence-corrected chi connectivity index (χ4v) is 3.45. The molecule has 0 aromatic rings. The van der Waals surface area contributed by atoms with Crippen LogP contribution in [0.3, 0.4) is 0 Å². The third kappa shape index (κ3) is 3.71. The zero-order valence-corrected chi connectivity index (χ0v) is 13.1. The Hall–Kier alpha value is -0.570. The number of hydrogen-bond donors (Lipinski definition) is 0. The predicted molar refractivity (Wildman–Crippen MR) is 78.4 cm³/mol. The highest BCUT2D eigenvalue weighted by molar-refractivity contribution is 14.1. The molecule has 1 fully saturated rings. The summed E-state index contributed by atoms with van der Waals surface area (Å²) in [7, 11) is 1.33. The van der Waals surface area contributed by atoms with E-state index in [1.807, 2.05) is 0 Å². The summed E-state index contributed by atoms with van der Waals surface area (Å²) in [6.07, 6.45) is 4.37. The molecule has 0 amide bonds.